The summed E-state index contributed by atoms with van der Waals surface area (Å²) in [5, 5.41) is 3.18. The standard InChI is InChI=1S/C12H17F2NOS/c1-9(15-6-3-7-17(2)16)10-4-5-11(13)12(14)8-10/h4-5,8-9,15H,3,6-7H2,1-2H3. The Kier molecular flexibility index (Phi) is 5.71. The van der Waals surface area contributed by atoms with Gasteiger partial charge in [-0.25, -0.2) is 8.78 Å². The molecule has 5 heteroatoms. The van der Waals surface area contributed by atoms with Gasteiger partial charge in [0.15, 0.2) is 11.6 Å². The van der Waals surface area contributed by atoms with Crippen LogP contribution in [-0.2, 0) is 10.8 Å². The number of rotatable bonds is 6. The van der Waals surface area contributed by atoms with Gasteiger partial charge in [0, 0.05) is 28.9 Å². The molecule has 2 atom stereocenters. The fourth-order valence-electron chi connectivity index (χ4n) is 1.49. The van der Waals surface area contributed by atoms with Crippen LogP contribution in [0.3, 0.4) is 0 Å². The van der Waals surface area contributed by atoms with Crippen molar-refractivity contribution in [1.29, 1.82) is 0 Å². The molecule has 0 aliphatic carbocycles. The summed E-state index contributed by atoms with van der Waals surface area (Å²) in [5.74, 6) is -1.01. The van der Waals surface area contributed by atoms with Crippen LogP contribution in [-0.4, -0.2) is 22.8 Å². The van der Waals surface area contributed by atoms with E-state index < -0.39 is 22.4 Å². The first-order valence-corrected chi connectivity index (χ1v) is 7.22. The largest absolute Gasteiger partial charge is 0.310 e. The van der Waals surface area contributed by atoms with Crippen molar-refractivity contribution in [2.45, 2.75) is 19.4 Å². The molecule has 0 aliphatic rings. The van der Waals surface area contributed by atoms with E-state index >= 15 is 0 Å². The molecule has 2 nitrogen and oxygen atoms in total. The predicted octanol–water partition coefficient (Wildman–Crippen LogP) is 2.38. The first kappa shape index (κ1) is 14.3. The fourth-order valence-corrected chi connectivity index (χ4v) is 2.04. The Bertz CT molecular complexity index is 398. The zero-order valence-electron chi connectivity index (χ0n) is 10.0. The number of nitrogens with one attached hydrogen (secondary N) is 1. The van der Waals surface area contributed by atoms with E-state index in [-0.39, 0.29) is 6.04 Å². The van der Waals surface area contributed by atoms with Gasteiger partial charge in [0.2, 0.25) is 0 Å². The van der Waals surface area contributed by atoms with Gasteiger partial charge >= 0.3 is 0 Å². The van der Waals surface area contributed by atoms with Crippen LogP contribution in [0.4, 0.5) is 8.78 Å². The number of hydrogen-bond acceptors (Lipinski definition) is 2. The molecule has 0 heterocycles. The lowest BCUT2D eigenvalue weighted by atomic mass is 10.1. The molecule has 0 aliphatic heterocycles. The van der Waals surface area contributed by atoms with Gasteiger partial charge in [-0.3, -0.25) is 4.21 Å². The zero-order valence-corrected chi connectivity index (χ0v) is 10.8. The smallest absolute Gasteiger partial charge is 0.159 e. The molecule has 17 heavy (non-hydrogen) atoms. The summed E-state index contributed by atoms with van der Waals surface area (Å²) in [6, 6.07) is 3.85. The molecular formula is C12H17F2NOS. The SMILES string of the molecule is CC(NCCCS(C)=O)c1ccc(F)c(F)c1. The first-order chi connectivity index (χ1) is 8.00. The molecule has 96 valence electrons. The van der Waals surface area contributed by atoms with Gasteiger partial charge in [0.05, 0.1) is 0 Å². The van der Waals surface area contributed by atoms with Gasteiger partial charge in [0.1, 0.15) is 0 Å². The van der Waals surface area contributed by atoms with Gasteiger partial charge in [0.25, 0.3) is 0 Å². The van der Waals surface area contributed by atoms with Crippen LogP contribution in [0, 0.1) is 11.6 Å². The third kappa shape index (κ3) is 4.91. The molecule has 0 fully saturated rings. The maximum atomic E-state index is 13.0. The molecule has 1 N–H and O–H groups in total. The number of benzene rings is 1. The van der Waals surface area contributed by atoms with Gasteiger partial charge in [-0.05, 0) is 37.6 Å². The third-order valence-electron chi connectivity index (χ3n) is 2.50. The molecule has 0 saturated carbocycles. The summed E-state index contributed by atoms with van der Waals surface area (Å²) in [4.78, 5) is 0. The summed E-state index contributed by atoms with van der Waals surface area (Å²) >= 11 is 0. The van der Waals surface area contributed by atoms with E-state index in [0.29, 0.717) is 17.9 Å². The molecule has 1 aromatic rings. The minimum Gasteiger partial charge on any atom is -0.310 e. The Labute approximate surface area is 103 Å². The molecule has 0 bridgehead atoms. The van der Waals surface area contributed by atoms with Gasteiger partial charge < -0.3 is 5.32 Å². The summed E-state index contributed by atoms with van der Waals surface area (Å²) < 4.78 is 36.6. The topological polar surface area (TPSA) is 29.1 Å². The van der Waals surface area contributed by atoms with Crippen LogP contribution in [0.5, 0.6) is 0 Å². The Morgan fingerprint density at radius 1 is 1.35 bits per heavy atom. The minimum atomic E-state index is -0.831. The molecule has 0 spiro atoms. The van der Waals surface area contributed by atoms with Crippen molar-refractivity contribution in [2.75, 3.05) is 18.6 Å². The average Bonchev–Trinajstić information content (AvgIpc) is 2.27. The molecule has 0 amide bonds. The molecular weight excluding hydrogens is 244 g/mol. The van der Waals surface area contributed by atoms with Crippen LogP contribution < -0.4 is 5.32 Å². The zero-order chi connectivity index (χ0) is 12.8. The van der Waals surface area contributed by atoms with Crippen molar-refractivity contribution in [3.63, 3.8) is 0 Å². The summed E-state index contributed by atoms with van der Waals surface area (Å²) in [7, 11) is -0.781. The van der Waals surface area contributed by atoms with Crippen molar-refractivity contribution in [3.8, 4) is 0 Å². The second-order valence-electron chi connectivity index (χ2n) is 3.98. The van der Waals surface area contributed by atoms with E-state index in [1.807, 2.05) is 6.92 Å². The van der Waals surface area contributed by atoms with Crippen molar-refractivity contribution < 1.29 is 13.0 Å². The minimum absolute atomic E-state index is 0.0459. The molecule has 1 aromatic carbocycles. The normalized spacial score (nSPS) is 14.6. The van der Waals surface area contributed by atoms with Crippen LogP contribution in [0.15, 0.2) is 18.2 Å². The summed E-state index contributed by atoms with van der Waals surface area (Å²) in [5.41, 5.74) is 0.710. The molecule has 2 unspecified atom stereocenters. The van der Waals surface area contributed by atoms with E-state index in [4.69, 9.17) is 0 Å². The maximum Gasteiger partial charge on any atom is 0.159 e. The number of hydrogen-bond donors (Lipinski definition) is 1. The van der Waals surface area contributed by atoms with Crippen molar-refractivity contribution >= 4 is 10.8 Å². The van der Waals surface area contributed by atoms with Gasteiger partial charge in [-0.1, -0.05) is 6.07 Å². The quantitative estimate of drug-likeness (QED) is 0.797. The highest BCUT2D eigenvalue weighted by Gasteiger charge is 2.08. The molecule has 0 aromatic heterocycles. The molecule has 1 rings (SSSR count). The maximum absolute atomic E-state index is 13.0. The first-order valence-electron chi connectivity index (χ1n) is 5.49. The van der Waals surface area contributed by atoms with Gasteiger partial charge in [-0.2, -0.15) is 0 Å². The third-order valence-corrected chi connectivity index (χ3v) is 3.37. The van der Waals surface area contributed by atoms with Crippen molar-refractivity contribution in [3.05, 3.63) is 35.4 Å². The fraction of sp³-hybridized carbons (Fsp3) is 0.500. The van der Waals surface area contributed by atoms with Crippen molar-refractivity contribution in [1.82, 2.24) is 5.32 Å². The second-order valence-corrected chi connectivity index (χ2v) is 5.53. The Balaban J connectivity index is 2.44. The lowest BCUT2D eigenvalue weighted by Crippen LogP contribution is -2.21. The van der Waals surface area contributed by atoms with E-state index in [9.17, 15) is 13.0 Å². The average molecular weight is 261 g/mol. The highest BCUT2D eigenvalue weighted by Crippen LogP contribution is 2.15. The Morgan fingerprint density at radius 3 is 2.65 bits per heavy atom. The molecule has 0 saturated heterocycles. The monoisotopic (exact) mass is 261 g/mol. The van der Waals surface area contributed by atoms with Crippen LogP contribution in [0.1, 0.15) is 24.9 Å². The highest BCUT2D eigenvalue weighted by molar-refractivity contribution is 7.84. The van der Waals surface area contributed by atoms with Crippen LogP contribution in [0.25, 0.3) is 0 Å². The lowest BCUT2D eigenvalue weighted by Gasteiger charge is -2.14. The van der Waals surface area contributed by atoms with E-state index in [2.05, 4.69) is 5.32 Å². The van der Waals surface area contributed by atoms with Crippen molar-refractivity contribution in [2.24, 2.45) is 0 Å². The van der Waals surface area contributed by atoms with E-state index in [1.54, 1.807) is 12.3 Å². The summed E-state index contributed by atoms with van der Waals surface area (Å²) in [6.45, 7) is 2.59. The van der Waals surface area contributed by atoms with Crippen LogP contribution >= 0.6 is 0 Å². The van der Waals surface area contributed by atoms with Crippen LogP contribution in [0.2, 0.25) is 0 Å². The van der Waals surface area contributed by atoms with E-state index in [1.165, 1.54) is 6.07 Å². The predicted molar refractivity (Wildman–Crippen MR) is 66.3 cm³/mol. The summed E-state index contributed by atoms with van der Waals surface area (Å²) in [6.07, 6.45) is 2.47. The molecule has 0 radical (unpaired) electrons. The lowest BCUT2D eigenvalue weighted by molar-refractivity contribution is 0.500. The van der Waals surface area contributed by atoms with E-state index in [0.717, 1.165) is 12.5 Å². The number of halogens is 2. The highest BCUT2D eigenvalue weighted by atomic mass is 32.2. The Hall–Kier alpha value is -0.810. The van der Waals surface area contributed by atoms with Gasteiger partial charge in [-0.15, -0.1) is 0 Å². The second kappa shape index (κ2) is 6.81. The Morgan fingerprint density at radius 2 is 2.06 bits per heavy atom.